The lowest BCUT2D eigenvalue weighted by Crippen LogP contribution is -2.47. The molecule has 2 aliphatic rings. The lowest BCUT2D eigenvalue weighted by molar-refractivity contribution is -0.127. The van der Waals surface area contributed by atoms with E-state index < -0.39 is 5.41 Å². The summed E-state index contributed by atoms with van der Waals surface area (Å²) in [7, 11) is 3.43. The zero-order chi connectivity index (χ0) is 19.6. The quantitative estimate of drug-likeness (QED) is 0.767. The minimum Gasteiger partial charge on any atom is -0.342 e. The Morgan fingerprint density at radius 1 is 1.15 bits per heavy atom. The van der Waals surface area contributed by atoms with Crippen LogP contribution >= 0.6 is 0 Å². The van der Waals surface area contributed by atoms with Gasteiger partial charge in [0.25, 0.3) is 5.91 Å². The van der Waals surface area contributed by atoms with Crippen molar-refractivity contribution in [3.63, 3.8) is 0 Å². The Bertz CT molecular complexity index is 723. The van der Waals surface area contributed by atoms with Crippen LogP contribution in [0, 0.1) is 5.41 Å². The number of pyridine rings is 1. The molecule has 8 heteroatoms. The molecule has 0 radical (unpaired) electrons. The van der Waals surface area contributed by atoms with Crippen molar-refractivity contribution in [1.82, 2.24) is 24.6 Å². The first kappa shape index (κ1) is 19.1. The van der Waals surface area contributed by atoms with Gasteiger partial charge in [0, 0.05) is 71.4 Å². The van der Waals surface area contributed by atoms with Crippen molar-refractivity contribution in [2.24, 2.45) is 5.41 Å². The van der Waals surface area contributed by atoms with Gasteiger partial charge in [0.2, 0.25) is 5.91 Å². The zero-order valence-electron chi connectivity index (χ0n) is 16.2. The fraction of sp³-hybridized carbons (Fsp3) is 0.579. The standard InChI is InChI=1S/C19H27N5O3/c1-4-22-12-19(11-16(22)25)13-23(17(26)15-7-5-6-8-20-15)9-10-24(14-19)18(27)21(2)3/h5-8H,4,9-14H2,1-3H3/t19-/m0/s1. The second kappa shape index (κ2) is 7.54. The van der Waals surface area contributed by atoms with Crippen LogP contribution in [0.15, 0.2) is 24.4 Å². The Kier molecular flexibility index (Phi) is 5.34. The number of nitrogens with zero attached hydrogens (tertiary/aromatic N) is 5. The summed E-state index contributed by atoms with van der Waals surface area (Å²) in [5.41, 5.74) is -0.0589. The summed E-state index contributed by atoms with van der Waals surface area (Å²) >= 11 is 0. The van der Waals surface area contributed by atoms with Gasteiger partial charge in [-0.1, -0.05) is 6.07 Å². The second-order valence-electron chi connectivity index (χ2n) is 7.62. The Morgan fingerprint density at radius 3 is 2.44 bits per heavy atom. The van der Waals surface area contributed by atoms with E-state index in [-0.39, 0.29) is 17.8 Å². The molecule has 0 bridgehead atoms. The predicted molar refractivity (Wildman–Crippen MR) is 100 cm³/mol. The molecule has 0 N–H and O–H groups in total. The number of amides is 4. The lowest BCUT2D eigenvalue weighted by Gasteiger charge is -2.34. The van der Waals surface area contributed by atoms with Gasteiger partial charge in [-0.15, -0.1) is 0 Å². The monoisotopic (exact) mass is 373 g/mol. The Balaban J connectivity index is 1.89. The second-order valence-corrected chi connectivity index (χ2v) is 7.62. The third-order valence-corrected chi connectivity index (χ3v) is 5.30. The molecule has 1 spiro atoms. The van der Waals surface area contributed by atoms with E-state index >= 15 is 0 Å². The average Bonchev–Trinajstić information content (AvgIpc) is 2.86. The number of rotatable bonds is 2. The lowest BCUT2D eigenvalue weighted by atomic mass is 9.86. The van der Waals surface area contributed by atoms with Crippen molar-refractivity contribution in [3.05, 3.63) is 30.1 Å². The first-order chi connectivity index (χ1) is 12.8. The van der Waals surface area contributed by atoms with E-state index in [1.807, 2.05) is 11.8 Å². The van der Waals surface area contributed by atoms with E-state index in [2.05, 4.69) is 4.98 Å². The maximum Gasteiger partial charge on any atom is 0.319 e. The van der Waals surface area contributed by atoms with Crippen LogP contribution in [0.4, 0.5) is 4.79 Å². The molecule has 0 saturated carbocycles. The number of carbonyl (C=O) groups is 3. The number of aromatic nitrogens is 1. The van der Waals surface area contributed by atoms with Crippen LogP contribution in [0.3, 0.4) is 0 Å². The Morgan fingerprint density at radius 2 is 1.85 bits per heavy atom. The molecule has 146 valence electrons. The van der Waals surface area contributed by atoms with Crippen LogP contribution in [0.5, 0.6) is 0 Å². The molecule has 2 fully saturated rings. The number of urea groups is 1. The van der Waals surface area contributed by atoms with Crippen molar-refractivity contribution < 1.29 is 14.4 Å². The van der Waals surface area contributed by atoms with Crippen LogP contribution in [0.1, 0.15) is 23.8 Å². The minimum absolute atomic E-state index is 0.0851. The molecule has 2 aliphatic heterocycles. The fourth-order valence-electron chi connectivity index (χ4n) is 4.01. The van der Waals surface area contributed by atoms with E-state index in [1.54, 1.807) is 48.3 Å². The van der Waals surface area contributed by atoms with Crippen molar-refractivity contribution in [1.29, 1.82) is 0 Å². The third kappa shape index (κ3) is 3.89. The average molecular weight is 373 g/mol. The highest BCUT2D eigenvalue weighted by Crippen LogP contribution is 2.35. The molecule has 1 atom stereocenters. The Hall–Kier alpha value is -2.64. The van der Waals surface area contributed by atoms with E-state index in [0.29, 0.717) is 51.4 Å². The van der Waals surface area contributed by atoms with Gasteiger partial charge < -0.3 is 19.6 Å². The molecular formula is C19H27N5O3. The fourth-order valence-corrected chi connectivity index (χ4v) is 4.01. The van der Waals surface area contributed by atoms with Gasteiger partial charge in [-0.25, -0.2) is 4.79 Å². The van der Waals surface area contributed by atoms with Crippen LogP contribution in [-0.2, 0) is 4.79 Å². The zero-order valence-corrected chi connectivity index (χ0v) is 16.2. The summed E-state index contributed by atoms with van der Waals surface area (Å²) < 4.78 is 0. The van der Waals surface area contributed by atoms with Crippen LogP contribution in [-0.4, -0.2) is 95.8 Å². The molecule has 2 saturated heterocycles. The highest BCUT2D eigenvalue weighted by Gasteiger charge is 2.47. The summed E-state index contributed by atoms with van der Waals surface area (Å²) in [4.78, 5) is 49.1. The van der Waals surface area contributed by atoms with Gasteiger partial charge in [-0.2, -0.15) is 0 Å². The molecule has 1 aromatic heterocycles. The summed E-state index contributed by atoms with van der Waals surface area (Å²) in [5, 5.41) is 0. The predicted octanol–water partition coefficient (Wildman–Crippen LogP) is 0.760. The van der Waals surface area contributed by atoms with Gasteiger partial charge in [0.05, 0.1) is 0 Å². The molecule has 0 aromatic carbocycles. The van der Waals surface area contributed by atoms with Gasteiger partial charge in [0.15, 0.2) is 0 Å². The van der Waals surface area contributed by atoms with Gasteiger partial charge in [0.1, 0.15) is 5.69 Å². The molecular weight excluding hydrogens is 346 g/mol. The van der Waals surface area contributed by atoms with E-state index in [0.717, 1.165) is 0 Å². The molecule has 8 nitrogen and oxygen atoms in total. The van der Waals surface area contributed by atoms with Crippen molar-refractivity contribution in [2.75, 3.05) is 53.4 Å². The molecule has 0 unspecified atom stereocenters. The molecule has 27 heavy (non-hydrogen) atoms. The first-order valence-electron chi connectivity index (χ1n) is 9.29. The number of hydrogen-bond acceptors (Lipinski definition) is 4. The van der Waals surface area contributed by atoms with Crippen molar-refractivity contribution >= 4 is 17.8 Å². The van der Waals surface area contributed by atoms with Crippen LogP contribution < -0.4 is 0 Å². The highest BCUT2D eigenvalue weighted by atomic mass is 16.2. The van der Waals surface area contributed by atoms with Crippen molar-refractivity contribution in [2.45, 2.75) is 13.3 Å². The van der Waals surface area contributed by atoms with Gasteiger partial charge in [-0.3, -0.25) is 14.6 Å². The summed E-state index contributed by atoms with van der Waals surface area (Å²) in [6.07, 6.45) is 1.95. The maximum absolute atomic E-state index is 13.0. The van der Waals surface area contributed by atoms with E-state index in [9.17, 15) is 14.4 Å². The minimum atomic E-state index is -0.445. The normalized spacial score (nSPS) is 22.9. The molecule has 4 amide bonds. The summed E-state index contributed by atoms with van der Waals surface area (Å²) in [6.45, 7) is 4.93. The number of likely N-dealkylation sites (tertiary alicyclic amines) is 1. The number of carbonyl (C=O) groups excluding carboxylic acids is 3. The van der Waals surface area contributed by atoms with Gasteiger partial charge >= 0.3 is 6.03 Å². The van der Waals surface area contributed by atoms with Crippen molar-refractivity contribution in [3.8, 4) is 0 Å². The molecule has 0 aliphatic carbocycles. The maximum atomic E-state index is 13.0. The van der Waals surface area contributed by atoms with Gasteiger partial charge in [-0.05, 0) is 19.1 Å². The molecule has 3 heterocycles. The highest BCUT2D eigenvalue weighted by molar-refractivity contribution is 5.92. The smallest absolute Gasteiger partial charge is 0.319 e. The topological polar surface area (TPSA) is 77.1 Å². The molecule has 3 rings (SSSR count). The summed E-state index contributed by atoms with van der Waals surface area (Å²) in [5.74, 6) is -0.0709. The Labute approximate surface area is 159 Å². The third-order valence-electron chi connectivity index (χ3n) is 5.30. The summed E-state index contributed by atoms with van der Waals surface area (Å²) in [6, 6.07) is 5.16. The van der Waals surface area contributed by atoms with Crippen LogP contribution in [0.25, 0.3) is 0 Å². The number of hydrogen-bond donors (Lipinski definition) is 0. The molecule has 1 aromatic rings. The first-order valence-corrected chi connectivity index (χ1v) is 9.29. The SMILES string of the molecule is CCN1C[C@@]2(CC1=O)CN(C(=O)c1ccccn1)CCN(C(=O)N(C)C)C2. The van der Waals surface area contributed by atoms with E-state index in [1.165, 1.54) is 4.90 Å². The van der Waals surface area contributed by atoms with E-state index in [4.69, 9.17) is 0 Å². The van der Waals surface area contributed by atoms with Crippen LogP contribution in [0.2, 0.25) is 0 Å². The largest absolute Gasteiger partial charge is 0.342 e.